The number of nitrogens with one attached hydrogen (secondary N) is 1. The molecule has 4 heteroatoms. The van der Waals surface area contributed by atoms with Crippen molar-refractivity contribution in [3.63, 3.8) is 0 Å². The summed E-state index contributed by atoms with van der Waals surface area (Å²) in [6, 6.07) is 14.3. The standard InChI is InChI=1S/C23H24N2O2/c1-23(2,3)19-12-18(17-8-7-15-5-4-6-16(15)11-17)13-20(14-19)25-10-9-21(26)24-22(25)27/h7-14H,4-6H2,1-3H3,(H,24,26,27). The number of rotatable bonds is 2. The maximum atomic E-state index is 12.3. The van der Waals surface area contributed by atoms with Crippen LogP contribution in [0, 0.1) is 0 Å². The van der Waals surface area contributed by atoms with Crippen LogP contribution >= 0.6 is 0 Å². The van der Waals surface area contributed by atoms with E-state index in [0.717, 1.165) is 29.7 Å². The van der Waals surface area contributed by atoms with Gasteiger partial charge in [0, 0.05) is 12.3 Å². The third-order valence-corrected chi connectivity index (χ3v) is 5.32. The van der Waals surface area contributed by atoms with Gasteiger partial charge >= 0.3 is 5.69 Å². The number of H-pyrrole nitrogens is 1. The highest BCUT2D eigenvalue weighted by Crippen LogP contribution is 2.33. The topological polar surface area (TPSA) is 54.9 Å². The van der Waals surface area contributed by atoms with Crippen LogP contribution in [0.3, 0.4) is 0 Å². The van der Waals surface area contributed by atoms with Crippen molar-refractivity contribution in [1.82, 2.24) is 9.55 Å². The maximum Gasteiger partial charge on any atom is 0.332 e. The Hall–Kier alpha value is -2.88. The first-order chi connectivity index (χ1) is 12.8. The van der Waals surface area contributed by atoms with Crippen LogP contribution in [0.1, 0.15) is 43.9 Å². The van der Waals surface area contributed by atoms with Crippen LogP contribution in [0.5, 0.6) is 0 Å². The van der Waals surface area contributed by atoms with Crippen molar-refractivity contribution in [1.29, 1.82) is 0 Å². The Morgan fingerprint density at radius 3 is 2.41 bits per heavy atom. The van der Waals surface area contributed by atoms with Crippen molar-refractivity contribution >= 4 is 0 Å². The minimum atomic E-state index is -0.423. The molecule has 0 amide bonds. The fraction of sp³-hybridized carbons (Fsp3) is 0.304. The molecule has 0 saturated carbocycles. The Balaban J connectivity index is 1.92. The van der Waals surface area contributed by atoms with Gasteiger partial charge in [-0.25, -0.2) is 4.79 Å². The van der Waals surface area contributed by atoms with Crippen LogP contribution in [-0.2, 0) is 18.3 Å². The first-order valence-corrected chi connectivity index (χ1v) is 9.41. The van der Waals surface area contributed by atoms with Crippen molar-refractivity contribution in [2.45, 2.75) is 45.4 Å². The minimum Gasteiger partial charge on any atom is -0.274 e. The molecule has 138 valence electrons. The van der Waals surface area contributed by atoms with Crippen molar-refractivity contribution in [3.8, 4) is 16.8 Å². The molecule has 1 N–H and O–H groups in total. The van der Waals surface area contributed by atoms with E-state index >= 15 is 0 Å². The monoisotopic (exact) mass is 360 g/mol. The van der Waals surface area contributed by atoms with E-state index in [1.165, 1.54) is 39.9 Å². The zero-order valence-electron chi connectivity index (χ0n) is 16.0. The lowest BCUT2D eigenvalue weighted by atomic mass is 9.84. The Labute approximate surface area is 158 Å². The van der Waals surface area contributed by atoms with Crippen LogP contribution in [0.2, 0.25) is 0 Å². The van der Waals surface area contributed by atoms with Gasteiger partial charge in [0.25, 0.3) is 5.56 Å². The van der Waals surface area contributed by atoms with E-state index in [1.54, 1.807) is 0 Å². The average Bonchev–Trinajstić information content (AvgIpc) is 3.08. The third kappa shape index (κ3) is 3.39. The fourth-order valence-corrected chi connectivity index (χ4v) is 3.72. The lowest BCUT2D eigenvalue weighted by molar-refractivity contribution is 0.590. The predicted octanol–water partition coefficient (Wildman–Crippen LogP) is 3.98. The van der Waals surface area contributed by atoms with Gasteiger partial charge in [0.15, 0.2) is 0 Å². The van der Waals surface area contributed by atoms with Gasteiger partial charge in [0.05, 0.1) is 5.69 Å². The lowest BCUT2D eigenvalue weighted by Crippen LogP contribution is -2.27. The molecule has 0 unspecified atom stereocenters. The van der Waals surface area contributed by atoms with Gasteiger partial charge in [-0.3, -0.25) is 14.3 Å². The Morgan fingerprint density at radius 1 is 0.889 bits per heavy atom. The SMILES string of the molecule is CC(C)(C)c1cc(-c2ccc3c(c2)CCC3)cc(-n2ccc(=O)[nH]c2=O)c1. The molecule has 3 aromatic rings. The summed E-state index contributed by atoms with van der Waals surface area (Å²) in [6.07, 6.45) is 5.05. The smallest absolute Gasteiger partial charge is 0.274 e. The molecule has 0 atom stereocenters. The zero-order valence-corrected chi connectivity index (χ0v) is 16.0. The van der Waals surface area contributed by atoms with Crippen molar-refractivity contribution in [3.05, 3.63) is 86.2 Å². The van der Waals surface area contributed by atoms with Crippen molar-refractivity contribution in [2.24, 2.45) is 0 Å². The number of fused-ring (bicyclic) bond motifs is 1. The van der Waals surface area contributed by atoms with E-state index in [2.05, 4.69) is 50.0 Å². The second-order valence-corrected chi connectivity index (χ2v) is 8.34. The molecule has 2 aromatic carbocycles. The summed E-state index contributed by atoms with van der Waals surface area (Å²) in [7, 11) is 0. The van der Waals surface area contributed by atoms with Crippen LogP contribution < -0.4 is 11.2 Å². The lowest BCUT2D eigenvalue weighted by Gasteiger charge is -2.22. The molecule has 1 aromatic heterocycles. The van der Waals surface area contributed by atoms with E-state index < -0.39 is 5.69 Å². The minimum absolute atomic E-state index is 0.0622. The van der Waals surface area contributed by atoms with Gasteiger partial charge in [-0.2, -0.15) is 0 Å². The molecule has 4 nitrogen and oxygen atoms in total. The number of hydrogen-bond donors (Lipinski definition) is 1. The molecule has 27 heavy (non-hydrogen) atoms. The van der Waals surface area contributed by atoms with Crippen molar-refractivity contribution in [2.75, 3.05) is 0 Å². The quantitative estimate of drug-likeness (QED) is 0.751. The Morgan fingerprint density at radius 2 is 1.67 bits per heavy atom. The molecular formula is C23H24N2O2. The molecule has 4 rings (SSSR count). The van der Waals surface area contributed by atoms with Gasteiger partial charge in [-0.15, -0.1) is 0 Å². The highest BCUT2D eigenvalue weighted by atomic mass is 16.2. The van der Waals surface area contributed by atoms with Crippen LogP contribution in [0.4, 0.5) is 0 Å². The number of aromatic amines is 1. The van der Waals surface area contributed by atoms with Crippen molar-refractivity contribution < 1.29 is 0 Å². The number of aryl methyl sites for hydroxylation is 2. The number of hydrogen-bond acceptors (Lipinski definition) is 2. The van der Waals surface area contributed by atoms with Crippen LogP contribution in [0.25, 0.3) is 16.8 Å². The largest absolute Gasteiger partial charge is 0.332 e. The summed E-state index contributed by atoms with van der Waals surface area (Å²) in [4.78, 5) is 26.1. The molecule has 0 aliphatic heterocycles. The summed E-state index contributed by atoms with van der Waals surface area (Å²) in [5.74, 6) is 0. The van der Waals surface area contributed by atoms with Gasteiger partial charge in [-0.05, 0) is 64.6 Å². The van der Waals surface area contributed by atoms with E-state index in [9.17, 15) is 9.59 Å². The average molecular weight is 360 g/mol. The molecule has 1 aliphatic carbocycles. The van der Waals surface area contributed by atoms with Crippen LogP contribution in [-0.4, -0.2) is 9.55 Å². The van der Waals surface area contributed by atoms with Gasteiger partial charge in [0.2, 0.25) is 0 Å². The van der Waals surface area contributed by atoms with Crippen LogP contribution in [0.15, 0.2) is 58.3 Å². The Kier molecular flexibility index (Phi) is 4.14. The molecule has 0 radical (unpaired) electrons. The summed E-state index contributed by atoms with van der Waals surface area (Å²) in [5, 5.41) is 0. The van der Waals surface area contributed by atoms with E-state index in [4.69, 9.17) is 0 Å². The fourth-order valence-electron chi connectivity index (χ4n) is 3.72. The maximum absolute atomic E-state index is 12.3. The highest BCUT2D eigenvalue weighted by molar-refractivity contribution is 5.69. The summed E-state index contributed by atoms with van der Waals surface area (Å²) in [6.45, 7) is 6.48. The summed E-state index contributed by atoms with van der Waals surface area (Å²) < 4.78 is 1.49. The second kappa shape index (κ2) is 6.38. The first kappa shape index (κ1) is 17.5. The molecule has 1 heterocycles. The number of nitrogens with zero attached hydrogens (tertiary/aromatic N) is 1. The van der Waals surface area contributed by atoms with E-state index in [1.807, 2.05) is 12.1 Å². The molecular weight excluding hydrogens is 336 g/mol. The first-order valence-electron chi connectivity index (χ1n) is 9.41. The van der Waals surface area contributed by atoms with Gasteiger partial charge in [-0.1, -0.05) is 45.0 Å². The normalized spacial score (nSPS) is 13.6. The molecule has 1 aliphatic rings. The molecule has 0 fully saturated rings. The third-order valence-electron chi connectivity index (χ3n) is 5.32. The second-order valence-electron chi connectivity index (χ2n) is 8.34. The summed E-state index contributed by atoms with van der Waals surface area (Å²) in [5.41, 5.74) is 6.17. The molecule has 0 saturated heterocycles. The van der Waals surface area contributed by atoms with E-state index in [0.29, 0.717) is 0 Å². The highest BCUT2D eigenvalue weighted by Gasteiger charge is 2.18. The molecule has 0 bridgehead atoms. The Bertz CT molecular complexity index is 1130. The predicted molar refractivity (Wildman–Crippen MR) is 109 cm³/mol. The number of benzene rings is 2. The zero-order chi connectivity index (χ0) is 19.2. The van der Waals surface area contributed by atoms with Gasteiger partial charge < -0.3 is 0 Å². The van der Waals surface area contributed by atoms with Gasteiger partial charge in [0.1, 0.15) is 0 Å². The number of aromatic nitrogens is 2. The molecule has 0 spiro atoms. The summed E-state index contributed by atoms with van der Waals surface area (Å²) >= 11 is 0. The van der Waals surface area contributed by atoms with E-state index in [-0.39, 0.29) is 11.0 Å².